The molecule has 1 amide bonds. The van der Waals surface area contributed by atoms with Crippen LogP contribution in [0.3, 0.4) is 0 Å². The summed E-state index contributed by atoms with van der Waals surface area (Å²) in [6.45, 7) is 5.63. The highest BCUT2D eigenvalue weighted by atomic mass is 32.2. The van der Waals surface area contributed by atoms with Crippen molar-refractivity contribution in [2.24, 2.45) is 0 Å². The Labute approximate surface area is 147 Å². The van der Waals surface area contributed by atoms with E-state index >= 15 is 0 Å². The third-order valence-electron chi connectivity index (χ3n) is 3.36. The van der Waals surface area contributed by atoms with Crippen LogP contribution in [0.1, 0.15) is 33.1 Å². The molecule has 1 aromatic heterocycles. The van der Waals surface area contributed by atoms with Crippen LogP contribution in [0.15, 0.2) is 35.7 Å². The van der Waals surface area contributed by atoms with Gasteiger partial charge in [0.25, 0.3) is 0 Å². The number of aromatic nitrogens is 3. The normalized spacial score (nSPS) is 10.6. The van der Waals surface area contributed by atoms with Gasteiger partial charge in [0.05, 0.1) is 12.4 Å². The Balaban J connectivity index is 1.79. The van der Waals surface area contributed by atoms with Crippen molar-refractivity contribution in [3.8, 4) is 5.75 Å². The second-order valence-corrected chi connectivity index (χ2v) is 6.25. The van der Waals surface area contributed by atoms with Crippen molar-refractivity contribution in [1.29, 1.82) is 0 Å². The summed E-state index contributed by atoms with van der Waals surface area (Å²) in [7, 11) is 0. The summed E-state index contributed by atoms with van der Waals surface area (Å²) in [5, 5.41) is 11.7. The molecule has 24 heavy (non-hydrogen) atoms. The van der Waals surface area contributed by atoms with Crippen molar-refractivity contribution >= 4 is 23.4 Å². The molecule has 0 saturated carbocycles. The van der Waals surface area contributed by atoms with Crippen molar-refractivity contribution in [3.63, 3.8) is 0 Å². The van der Waals surface area contributed by atoms with Gasteiger partial charge in [-0.3, -0.25) is 4.79 Å². The van der Waals surface area contributed by atoms with E-state index in [1.807, 2.05) is 35.8 Å². The molecule has 0 bridgehead atoms. The highest BCUT2D eigenvalue weighted by Gasteiger charge is 2.09. The summed E-state index contributed by atoms with van der Waals surface area (Å²) in [6, 6.07) is 7.36. The van der Waals surface area contributed by atoms with E-state index in [2.05, 4.69) is 22.4 Å². The average molecular weight is 348 g/mol. The van der Waals surface area contributed by atoms with E-state index in [9.17, 15) is 4.79 Å². The predicted octanol–water partition coefficient (Wildman–Crippen LogP) is 3.60. The second-order valence-electron chi connectivity index (χ2n) is 5.31. The molecule has 7 heteroatoms. The number of anilines is 1. The van der Waals surface area contributed by atoms with Gasteiger partial charge in [0.1, 0.15) is 12.1 Å². The summed E-state index contributed by atoms with van der Waals surface area (Å²) in [6.07, 6.45) is 5.18. The zero-order valence-corrected chi connectivity index (χ0v) is 15.0. The van der Waals surface area contributed by atoms with Crippen LogP contribution in [-0.4, -0.2) is 33.0 Å². The Kier molecular flexibility index (Phi) is 7.61. The highest BCUT2D eigenvalue weighted by Crippen LogP contribution is 2.18. The standard InChI is InChI=1S/C17H24N4O2S/c1-3-5-6-11-21-13-18-20-17(21)24-12-16(22)19-14-7-9-15(10-8-14)23-4-2/h7-10,13H,3-6,11-12H2,1-2H3,(H,19,22). The number of carbonyl (C=O) groups excluding carboxylic acids is 1. The van der Waals surface area contributed by atoms with Crippen LogP contribution in [0, 0.1) is 0 Å². The van der Waals surface area contributed by atoms with Crippen LogP contribution in [0.5, 0.6) is 5.75 Å². The maximum absolute atomic E-state index is 12.1. The van der Waals surface area contributed by atoms with Crippen molar-refractivity contribution in [3.05, 3.63) is 30.6 Å². The smallest absolute Gasteiger partial charge is 0.234 e. The van der Waals surface area contributed by atoms with Gasteiger partial charge < -0.3 is 14.6 Å². The summed E-state index contributed by atoms with van der Waals surface area (Å²) >= 11 is 1.40. The Morgan fingerprint density at radius 3 is 2.75 bits per heavy atom. The minimum absolute atomic E-state index is 0.0627. The van der Waals surface area contributed by atoms with Crippen molar-refractivity contribution in [1.82, 2.24) is 14.8 Å². The van der Waals surface area contributed by atoms with Crippen LogP contribution >= 0.6 is 11.8 Å². The van der Waals surface area contributed by atoms with Gasteiger partial charge in [-0.2, -0.15) is 0 Å². The van der Waals surface area contributed by atoms with E-state index in [4.69, 9.17) is 4.74 Å². The van der Waals surface area contributed by atoms with E-state index in [1.54, 1.807) is 6.33 Å². The lowest BCUT2D eigenvalue weighted by molar-refractivity contribution is -0.113. The van der Waals surface area contributed by atoms with Gasteiger partial charge in [0.15, 0.2) is 5.16 Å². The molecule has 0 aliphatic heterocycles. The van der Waals surface area contributed by atoms with Gasteiger partial charge in [-0.15, -0.1) is 10.2 Å². The monoisotopic (exact) mass is 348 g/mol. The zero-order valence-electron chi connectivity index (χ0n) is 14.2. The first-order valence-electron chi connectivity index (χ1n) is 8.26. The van der Waals surface area contributed by atoms with Gasteiger partial charge in [0.2, 0.25) is 5.91 Å². The molecule has 1 heterocycles. The summed E-state index contributed by atoms with van der Waals surface area (Å²) in [5.74, 6) is 1.04. The molecule has 1 N–H and O–H groups in total. The molecule has 2 rings (SSSR count). The number of unbranched alkanes of at least 4 members (excludes halogenated alkanes) is 2. The van der Waals surface area contributed by atoms with Crippen molar-refractivity contribution < 1.29 is 9.53 Å². The number of ether oxygens (including phenoxy) is 1. The van der Waals surface area contributed by atoms with Crippen LogP contribution in [0.2, 0.25) is 0 Å². The summed E-state index contributed by atoms with van der Waals surface area (Å²) in [5.41, 5.74) is 0.758. The number of amides is 1. The van der Waals surface area contributed by atoms with Crippen LogP contribution in [-0.2, 0) is 11.3 Å². The molecule has 0 saturated heterocycles. The fourth-order valence-corrected chi connectivity index (χ4v) is 2.91. The van der Waals surface area contributed by atoms with Crippen LogP contribution in [0.4, 0.5) is 5.69 Å². The molecule has 0 aliphatic carbocycles. The Morgan fingerprint density at radius 2 is 2.04 bits per heavy atom. The lowest BCUT2D eigenvalue weighted by Crippen LogP contribution is -2.14. The molecule has 0 atom stereocenters. The molecule has 6 nitrogen and oxygen atoms in total. The molecule has 0 spiro atoms. The maximum atomic E-state index is 12.1. The largest absolute Gasteiger partial charge is 0.494 e. The summed E-state index contributed by atoms with van der Waals surface area (Å²) in [4.78, 5) is 12.1. The van der Waals surface area contributed by atoms with Crippen molar-refractivity contribution in [2.75, 3.05) is 17.7 Å². The number of hydrogen-bond acceptors (Lipinski definition) is 5. The molecule has 0 fully saturated rings. The topological polar surface area (TPSA) is 69.0 Å². The molecule has 0 aliphatic rings. The van der Waals surface area contributed by atoms with E-state index in [0.717, 1.165) is 29.6 Å². The first kappa shape index (κ1) is 18.3. The molecule has 1 aromatic carbocycles. The number of benzene rings is 1. The van der Waals surface area contributed by atoms with E-state index in [1.165, 1.54) is 24.6 Å². The molecule has 130 valence electrons. The van der Waals surface area contributed by atoms with Gasteiger partial charge in [-0.05, 0) is 37.6 Å². The predicted molar refractivity (Wildman–Crippen MR) is 96.5 cm³/mol. The molecular formula is C17H24N4O2S. The number of nitrogens with zero attached hydrogens (tertiary/aromatic N) is 3. The lowest BCUT2D eigenvalue weighted by Gasteiger charge is -2.08. The molecule has 0 radical (unpaired) electrons. The summed E-state index contributed by atoms with van der Waals surface area (Å²) < 4.78 is 7.39. The first-order valence-corrected chi connectivity index (χ1v) is 9.24. The quantitative estimate of drug-likeness (QED) is 0.525. The number of carbonyl (C=O) groups is 1. The number of aryl methyl sites for hydroxylation is 1. The van der Waals surface area contributed by atoms with Gasteiger partial charge >= 0.3 is 0 Å². The van der Waals surface area contributed by atoms with Crippen LogP contribution in [0.25, 0.3) is 0 Å². The highest BCUT2D eigenvalue weighted by molar-refractivity contribution is 7.99. The Bertz CT molecular complexity index is 628. The minimum Gasteiger partial charge on any atom is -0.494 e. The minimum atomic E-state index is -0.0627. The number of rotatable bonds is 10. The fraction of sp³-hybridized carbons (Fsp3) is 0.471. The van der Waals surface area contributed by atoms with Crippen molar-refractivity contribution in [2.45, 2.75) is 44.8 Å². The number of hydrogen-bond donors (Lipinski definition) is 1. The van der Waals surface area contributed by atoms with E-state index in [-0.39, 0.29) is 5.91 Å². The molecule has 0 unspecified atom stereocenters. The number of thioether (sulfide) groups is 1. The van der Waals surface area contributed by atoms with Gasteiger partial charge in [0, 0.05) is 12.2 Å². The molecule has 2 aromatic rings. The van der Waals surface area contributed by atoms with E-state index < -0.39 is 0 Å². The third kappa shape index (κ3) is 5.88. The number of nitrogens with one attached hydrogen (secondary N) is 1. The van der Waals surface area contributed by atoms with Gasteiger partial charge in [-0.1, -0.05) is 31.5 Å². The SMILES string of the molecule is CCCCCn1cnnc1SCC(=O)Nc1ccc(OCC)cc1. The second kappa shape index (κ2) is 9.97. The van der Waals surface area contributed by atoms with Gasteiger partial charge in [-0.25, -0.2) is 0 Å². The Morgan fingerprint density at radius 1 is 1.25 bits per heavy atom. The maximum Gasteiger partial charge on any atom is 0.234 e. The first-order chi connectivity index (χ1) is 11.7. The molecular weight excluding hydrogens is 324 g/mol. The fourth-order valence-electron chi connectivity index (χ4n) is 2.17. The Hall–Kier alpha value is -2.02. The van der Waals surface area contributed by atoms with E-state index in [0.29, 0.717) is 12.4 Å². The third-order valence-corrected chi connectivity index (χ3v) is 4.34. The zero-order chi connectivity index (χ0) is 17.2. The average Bonchev–Trinajstić information content (AvgIpc) is 3.03. The van der Waals surface area contributed by atoms with Crippen LogP contribution < -0.4 is 10.1 Å². The lowest BCUT2D eigenvalue weighted by atomic mass is 10.2.